The van der Waals surface area contributed by atoms with Gasteiger partial charge in [0.1, 0.15) is 5.56 Å². The van der Waals surface area contributed by atoms with E-state index in [0.29, 0.717) is 5.69 Å². The van der Waals surface area contributed by atoms with E-state index in [1.807, 2.05) is 32.9 Å². The Balaban J connectivity index is 2.35. The monoisotopic (exact) mass is 261 g/mol. The van der Waals surface area contributed by atoms with Crippen molar-refractivity contribution in [1.29, 1.82) is 0 Å². The minimum Gasteiger partial charge on any atom is -0.367 e. The van der Waals surface area contributed by atoms with Crippen molar-refractivity contribution in [3.8, 4) is 0 Å². The Morgan fingerprint density at radius 3 is 2.32 bits per heavy atom. The number of pyridine rings is 1. The Kier molecular flexibility index (Phi) is 3.25. The van der Waals surface area contributed by atoms with Gasteiger partial charge in [0.05, 0.1) is 5.69 Å². The molecule has 2 rings (SSSR count). The van der Waals surface area contributed by atoms with Crippen LogP contribution in [-0.2, 0) is 0 Å². The van der Waals surface area contributed by atoms with Crippen LogP contribution in [0.4, 0.5) is 5.88 Å². The molecule has 0 bridgehead atoms. The summed E-state index contributed by atoms with van der Waals surface area (Å²) in [7, 11) is 0. The highest BCUT2D eigenvalue weighted by atomic mass is 16.5. The zero-order valence-corrected chi connectivity index (χ0v) is 11.4. The fourth-order valence-corrected chi connectivity index (χ4v) is 2.11. The molecule has 3 N–H and O–H groups in total. The van der Waals surface area contributed by atoms with Crippen molar-refractivity contribution < 1.29 is 14.0 Å². The summed E-state index contributed by atoms with van der Waals surface area (Å²) in [6.45, 7) is 7.52. The third-order valence-electron chi connectivity index (χ3n) is 2.91. The van der Waals surface area contributed by atoms with Crippen molar-refractivity contribution in [2.45, 2.75) is 27.7 Å². The predicted molar refractivity (Wildman–Crippen MR) is 70.2 cm³/mol. The van der Waals surface area contributed by atoms with E-state index < -0.39 is 0 Å². The molecule has 0 aliphatic carbocycles. The summed E-state index contributed by atoms with van der Waals surface area (Å²) in [5, 5.41) is 3.67. The van der Waals surface area contributed by atoms with Crippen LogP contribution in [0.2, 0.25) is 0 Å². The molecule has 0 saturated carbocycles. The standard InChI is InChI=1S/C13H16N4O2/c1-7-5-8(2)17(9(3)6-7)15-13(18)11-10(4)16-19-12(11)14/h5-6H,1-4H3,(H2-,14,15,16,18)/p+1. The Labute approximate surface area is 111 Å². The number of nitrogens with zero attached hydrogens (tertiary/aromatic N) is 2. The summed E-state index contributed by atoms with van der Waals surface area (Å²) >= 11 is 0. The fraction of sp³-hybridized carbons (Fsp3) is 0.308. The molecule has 6 heteroatoms. The van der Waals surface area contributed by atoms with Crippen LogP contribution in [0, 0.1) is 27.7 Å². The van der Waals surface area contributed by atoms with Gasteiger partial charge in [0.15, 0.2) is 0 Å². The Bertz CT molecular complexity index is 604. The van der Waals surface area contributed by atoms with Crippen LogP contribution < -0.4 is 15.8 Å². The summed E-state index contributed by atoms with van der Waals surface area (Å²) in [4.78, 5) is 12.2. The molecule has 2 heterocycles. The van der Waals surface area contributed by atoms with Gasteiger partial charge in [0.25, 0.3) is 0 Å². The molecule has 0 unspecified atom stereocenters. The van der Waals surface area contributed by atoms with E-state index in [4.69, 9.17) is 10.3 Å². The molecule has 0 aliphatic rings. The predicted octanol–water partition coefficient (Wildman–Crippen LogP) is 1.16. The van der Waals surface area contributed by atoms with Crippen molar-refractivity contribution in [3.63, 3.8) is 0 Å². The van der Waals surface area contributed by atoms with Crippen LogP contribution in [0.5, 0.6) is 0 Å². The quantitative estimate of drug-likeness (QED) is 0.794. The molecule has 0 aliphatic heterocycles. The number of nitrogens with one attached hydrogen (secondary N) is 1. The van der Waals surface area contributed by atoms with Gasteiger partial charge in [-0.05, 0) is 19.4 Å². The van der Waals surface area contributed by atoms with E-state index in [2.05, 4.69) is 10.6 Å². The highest BCUT2D eigenvalue weighted by molar-refractivity contribution is 6.03. The zero-order valence-electron chi connectivity index (χ0n) is 11.4. The van der Waals surface area contributed by atoms with Gasteiger partial charge in [-0.3, -0.25) is 4.79 Å². The maximum absolute atomic E-state index is 12.2. The van der Waals surface area contributed by atoms with Crippen LogP contribution in [0.3, 0.4) is 0 Å². The molecule has 0 saturated heterocycles. The molecule has 1 amide bonds. The summed E-state index contributed by atoms with van der Waals surface area (Å²) in [5.74, 6) is -0.311. The number of hydrogen-bond acceptors (Lipinski definition) is 4. The average molecular weight is 261 g/mol. The minimum atomic E-state index is -0.337. The first kappa shape index (κ1) is 13.1. The third-order valence-corrected chi connectivity index (χ3v) is 2.91. The number of anilines is 1. The van der Waals surface area contributed by atoms with Crippen molar-refractivity contribution in [3.05, 3.63) is 40.3 Å². The van der Waals surface area contributed by atoms with Gasteiger partial charge in [0, 0.05) is 26.0 Å². The number of carbonyl (C=O) groups excluding carboxylic acids is 1. The molecule has 0 aromatic carbocycles. The first-order chi connectivity index (χ1) is 8.90. The molecule has 0 fully saturated rings. The maximum atomic E-state index is 12.2. The molecule has 6 nitrogen and oxygen atoms in total. The molecule has 2 aromatic heterocycles. The van der Waals surface area contributed by atoms with Gasteiger partial charge in [0.2, 0.25) is 17.3 Å². The number of aromatic nitrogens is 2. The van der Waals surface area contributed by atoms with Gasteiger partial charge in [-0.1, -0.05) is 9.83 Å². The second kappa shape index (κ2) is 4.72. The summed E-state index contributed by atoms with van der Waals surface area (Å²) in [6.07, 6.45) is 0. The second-order valence-electron chi connectivity index (χ2n) is 4.60. The molecule has 100 valence electrons. The van der Waals surface area contributed by atoms with Crippen LogP contribution in [-0.4, -0.2) is 11.1 Å². The Morgan fingerprint density at radius 1 is 1.26 bits per heavy atom. The highest BCUT2D eigenvalue weighted by Gasteiger charge is 2.23. The SMILES string of the molecule is Cc1cc(C)[n+](NC(=O)c2c(C)noc2N)c(C)c1. The maximum Gasteiger partial charge on any atom is 0.312 e. The molecular formula is C13H17N4O2+. The van der Waals surface area contributed by atoms with E-state index in [9.17, 15) is 4.79 Å². The van der Waals surface area contributed by atoms with Gasteiger partial charge in [-0.25, -0.2) is 0 Å². The van der Waals surface area contributed by atoms with Crippen LogP contribution in [0.25, 0.3) is 0 Å². The van der Waals surface area contributed by atoms with Crippen molar-refractivity contribution in [2.75, 3.05) is 11.2 Å². The number of aryl methyl sites for hydroxylation is 4. The van der Waals surface area contributed by atoms with Crippen molar-refractivity contribution in [2.24, 2.45) is 0 Å². The molecule has 0 spiro atoms. The van der Waals surface area contributed by atoms with Crippen molar-refractivity contribution in [1.82, 2.24) is 5.16 Å². The summed E-state index contributed by atoms with van der Waals surface area (Å²) in [6, 6.07) is 3.97. The number of carbonyl (C=O) groups is 1. The number of hydrogen-bond donors (Lipinski definition) is 2. The largest absolute Gasteiger partial charge is 0.367 e. The lowest BCUT2D eigenvalue weighted by Crippen LogP contribution is -2.53. The van der Waals surface area contributed by atoms with Crippen LogP contribution in [0.1, 0.15) is 33.0 Å². The summed E-state index contributed by atoms with van der Waals surface area (Å²) in [5.41, 5.74) is 12.1. The fourth-order valence-electron chi connectivity index (χ4n) is 2.11. The minimum absolute atomic E-state index is 0.0259. The topological polar surface area (TPSA) is 85.0 Å². The first-order valence-corrected chi connectivity index (χ1v) is 5.93. The van der Waals surface area contributed by atoms with E-state index in [1.54, 1.807) is 11.6 Å². The lowest BCUT2D eigenvalue weighted by molar-refractivity contribution is -0.654. The van der Waals surface area contributed by atoms with E-state index >= 15 is 0 Å². The smallest absolute Gasteiger partial charge is 0.312 e. The van der Waals surface area contributed by atoms with Crippen LogP contribution in [0.15, 0.2) is 16.7 Å². The van der Waals surface area contributed by atoms with Gasteiger partial charge < -0.3 is 10.3 Å². The summed E-state index contributed by atoms with van der Waals surface area (Å²) < 4.78 is 6.50. The second-order valence-corrected chi connectivity index (χ2v) is 4.60. The average Bonchev–Trinajstić information content (AvgIpc) is 2.63. The van der Waals surface area contributed by atoms with Crippen molar-refractivity contribution >= 4 is 11.8 Å². The molecular weight excluding hydrogens is 244 g/mol. The number of amides is 1. The molecule has 19 heavy (non-hydrogen) atoms. The Morgan fingerprint density at radius 2 is 1.84 bits per heavy atom. The van der Waals surface area contributed by atoms with Gasteiger partial charge >= 0.3 is 5.91 Å². The van der Waals surface area contributed by atoms with E-state index in [1.165, 1.54) is 0 Å². The lowest BCUT2D eigenvalue weighted by Gasteiger charge is -2.05. The van der Waals surface area contributed by atoms with Gasteiger partial charge in [-0.2, -0.15) is 0 Å². The Hall–Kier alpha value is -2.37. The highest BCUT2D eigenvalue weighted by Crippen LogP contribution is 2.15. The first-order valence-electron chi connectivity index (χ1n) is 5.93. The number of nitrogen functional groups attached to an aromatic ring is 1. The normalized spacial score (nSPS) is 10.5. The number of nitrogens with two attached hydrogens (primary N) is 1. The zero-order chi connectivity index (χ0) is 14.2. The van der Waals surface area contributed by atoms with Gasteiger partial charge in [-0.15, -0.1) is 5.43 Å². The lowest BCUT2D eigenvalue weighted by atomic mass is 10.2. The van der Waals surface area contributed by atoms with E-state index in [-0.39, 0.29) is 17.4 Å². The third kappa shape index (κ3) is 2.42. The van der Waals surface area contributed by atoms with E-state index in [0.717, 1.165) is 17.0 Å². The molecule has 0 atom stereocenters. The number of rotatable bonds is 2. The molecule has 0 radical (unpaired) electrons. The van der Waals surface area contributed by atoms with Crippen LogP contribution >= 0.6 is 0 Å². The molecule has 2 aromatic rings.